The third-order valence-corrected chi connectivity index (χ3v) is 3.01. The zero-order valence-electron chi connectivity index (χ0n) is 12.9. The normalized spacial score (nSPS) is 17.1. The van der Waals surface area contributed by atoms with Crippen LogP contribution in [0.4, 0.5) is 13.2 Å². The minimum absolute atomic E-state index is 0.0980. The molecule has 0 atom stereocenters. The van der Waals surface area contributed by atoms with Crippen LogP contribution in [0, 0.1) is 5.41 Å². The van der Waals surface area contributed by atoms with Gasteiger partial charge in [-0.25, -0.2) is 4.99 Å². The van der Waals surface area contributed by atoms with E-state index in [2.05, 4.69) is 21.6 Å². The van der Waals surface area contributed by atoms with Crippen LogP contribution in [0.3, 0.4) is 0 Å². The Balaban J connectivity index is 2.64. The second kappa shape index (κ2) is 9.21. The molecular formula is C14H19ClF3N5O. The van der Waals surface area contributed by atoms with E-state index in [1.165, 1.54) is 0 Å². The number of hydrogen-bond donors (Lipinski definition) is 3. The highest BCUT2D eigenvalue weighted by Gasteiger charge is 2.31. The molecule has 1 rings (SSSR count). The van der Waals surface area contributed by atoms with Crippen LogP contribution < -0.4 is 11.1 Å². The number of piperidine rings is 1. The van der Waals surface area contributed by atoms with Crippen LogP contribution >= 0.6 is 11.6 Å². The van der Waals surface area contributed by atoms with Gasteiger partial charge in [-0.05, 0) is 31.4 Å². The molecule has 1 saturated heterocycles. The molecule has 1 aliphatic rings. The molecule has 0 saturated carbocycles. The van der Waals surface area contributed by atoms with Crippen molar-refractivity contribution in [3.05, 3.63) is 35.7 Å². The van der Waals surface area contributed by atoms with Gasteiger partial charge in [-0.15, -0.1) is 13.2 Å². The number of nitrogens with zero attached hydrogens (tertiary/aromatic N) is 2. The van der Waals surface area contributed by atoms with Gasteiger partial charge in [0, 0.05) is 24.3 Å². The summed E-state index contributed by atoms with van der Waals surface area (Å²) in [6.07, 6.45) is 1.06. The van der Waals surface area contributed by atoms with E-state index < -0.39 is 12.1 Å². The summed E-state index contributed by atoms with van der Waals surface area (Å²) < 4.78 is 40.5. The van der Waals surface area contributed by atoms with E-state index in [9.17, 15) is 13.2 Å². The number of halogens is 4. The molecule has 0 aliphatic carbocycles. The first-order chi connectivity index (χ1) is 11.2. The monoisotopic (exact) mass is 365 g/mol. The molecule has 4 N–H and O–H groups in total. The summed E-state index contributed by atoms with van der Waals surface area (Å²) >= 11 is 5.44. The first-order valence-corrected chi connectivity index (χ1v) is 7.47. The fourth-order valence-electron chi connectivity index (χ4n) is 1.94. The molecule has 1 fully saturated rings. The second-order valence-electron chi connectivity index (χ2n) is 4.89. The molecule has 0 aromatic carbocycles. The summed E-state index contributed by atoms with van der Waals surface area (Å²) in [4.78, 5) is 5.52. The average Bonchev–Trinajstić information content (AvgIpc) is 2.45. The summed E-state index contributed by atoms with van der Waals surface area (Å²) in [7, 11) is 0. The summed E-state index contributed by atoms with van der Waals surface area (Å²) in [5.74, 6) is -0.621. The minimum atomic E-state index is -4.87. The first kappa shape index (κ1) is 19.9. The molecule has 1 heterocycles. The molecule has 0 spiro atoms. The van der Waals surface area contributed by atoms with Gasteiger partial charge in [-0.1, -0.05) is 18.2 Å². The Labute approximate surface area is 143 Å². The largest absolute Gasteiger partial charge is 0.573 e. The summed E-state index contributed by atoms with van der Waals surface area (Å²) in [6, 6.07) is 0. The Morgan fingerprint density at radius 1 is 1.33 bits per heavy atom. The summed E-state index contributed by atoms with van der Waals surface area (Å²) in [5, 5.41) is 10.3. The topological polar surface area (TPSA) is 86.7 Å². The van der Waals surface area contributed by atoms with Gasteiger partial charge in [0.25, 0.3) is 0 Å². The van der Waals surface area contributed by atoms with E-state index in [1.54, 1.807) is 0 Å². The van der Waals surface area contributed by atoms with Crippen molar-refractivity contribution in [3.8, 4) is 0 Å². The van der Waals surface area contributed by atoms with Gasteiger partial charge in [-0.3, -0.25) is 10.7 Å². The first-order valence-electron chi connectivity index (χ1n) is 7.09. The van der Waals surface area contributed by atoms with Crippen LogP contribution in [0.1, 0.15) is 19.3 Å². The van der Waals surface area contributed by atoms with Crippen LogP contribution in [0.5, 0.6) is 0 Å². The van der Waals surface area contributed by atoms with E-state index in [1.807, 2.05) is 4.90 Å². The highest BCUT2D eigenvalue weighted by atomic mass is 35.5. The summed E-state index contributed by atoms with van der Waals surface area (Å²) in [6.45, 7) is 4.76. The molecule has 24 heavy (non-hydrogen) atoms. The van der Waals surface area contributed by atoms with E-state index in [0.717, 1.165) is 50.7 Å². The van der Waals surface area contributed by atoms with Crippen LogP contribution in [0.15, 0.2) is 40.7 Å². The van der Waals surface area contributed by atoms with Crippen LogP contribution in [0.2, 0.25) is 0 Å². The molecule has 0 aromatic heterocycles. The highest BCUT2D eigenvalue weighted by Crippen LogP contribution is 2.22. The third-order valence-electron chi connectivity index (χ3n) is 2.90. The van der Waals surface area contributed by atoms with Crippen molar-refractivity contribution in [3.63, 3.8) is 0 Å². The van der Waals surface area contributed by atoms with Gasteiger partial charge in [-0.2, -0.15) is 0 Å². The zero-order valence-corrected chi connectivity index (χ0v) is 13.6. The molecule has 0 bridgehead atoms. The number of rotatable bonds is 4. The predicted molar refractivity (Wildman–Crippen MR) is 87.3 cm³/mol. The maximum absolute atomic E-state index is 12.2. The average molecular weight is 366 g/mol. The second-order valence-corrected chi connectivity index (χ2v) is 5.38. The maximum atomic E-state index is 12.2. The molecule has 0 aromatic rings. The number of hydrogen-bond acceptors (Lipinski definition) is 3. The number of alkyl halides is 3. The van der Waals surface area contributed by atoms with Gasteiger partial charge < -0.3 is 15.4 Å². The Kier molecular flexibility index (Phi) is 7.63. The number of guanidine groups is 2. The van der Waals surface area contributed by atoms with Crippen LogP contribution in [-0.4, -0.2) is 36.3 Å². The molecule has 134 valence electrons. The summed E-state index contributed by atoms with van der Waals surface area (Å²) in [5.41, 5.74) is 5.59. The van der Waals surface area contributed by atoms with Gasteiger partial charge in [0.05, 0.1) is 0 Å². The van der Waals surface area contributed by atoms with Crippen LogP contribution in [0.25, 0.3) is 0 Å². The smallest absolute Gasteiger partial charge is 0.406 e. The van der Waals surface area contributed by atoms with Gasteiger partial charge in [0.2, 0.25) is 0 Å². The number of allylic oxidation sites excluding steroid dienone is 3. The number of nitrogens with one attached hydrogen (secondary N) is 2. The van der Waals surface area contributed by atoms with Crippen molar-refractivity contribution in [2.45, 2.75) is 25.6 Å². The molecule has 1 aliphatic heterocycles. The Morgan fingerprint density at radius 2 is 1.96 bits per heavy atom. The number of likely N-dealkylation sites (tertiary alicyclic amines) is 1. The fraction of sp³-hybridized carbons (Fsp3) is 0.429. The molecule has 0 radical (unpaired) electrons. The van der Waals surface area contributed by atoms with Crippen LogP contribution in [-0.2, 0) is 4.74 Å². The minimum Gasteiger partial charge on any atom is -0.406 e. The van der Waals surface area contributed by atoms with Crippen molar-refractivity contribution in [1.29, 1.82) is 5.41 Å². The van der Waals surface area contributed by atoms with E-state index in [0.29, 0.717) is 0 Å². The van der Waals surface area contributed by atoms with Crippen molar-refractivity contribution < 1.29 is 17.9 Å². The number of nitrogens with two attached hydrogens (primary N) is 1. The number of aliphatic imine (C=N–C) groups is 1. The van der Waals surface area contributed by atoms with E-state index in [4.69, 9.17) is 22.7 Å². The van der Waals surface area contributed by atoms with Crippen molar-refractivity contribution >= 4 is 23.5 Å². The molecule has 6 nitrogen and oxygen atoms in total. The van der Waals surface area contributed by atoms with Crippen molar-refractivity contribution in [2.24, 2.45) is 10.7 Å². The maximum Gasteiger partial charge on any atom is 0.573 e. The zero-order chi connectivity index (χ0) is 18.2. The van der Waals surface area contributed by atoms with Crippen molar-refractivity contribution in [2.75, 3.05) is 13.1 Å². The highest BCUT2D eigenvalue weighted by molar-refractivity contribution is 6.30. The van der Waals surface area contributed by atoms with Crippen molar-refractivity contribution in [1.82, 2.24) is 10.2 Å². The van der Waals surface area contributed by atoms with Gasteiger partial charge in [0.1, 0.15) is 5.76 Å². The molecule has 0 amide bonds. The standard InChI is InChI=1S/C14H19ClF3N5O/c1-10(15)9-11(24-14(16,17)18)5-6-21-12(19)22-13(20)23-7-3-2-4-8-23/h5-6,9H,1-4,7-8H2,(H4,19,20,21,22)/b6-5+,11-9+. The van der Waals surface area contributed by atoms with Gasteiger partial charge in [0.15, 0.2) is 11.9 Å². The number of ether oxygens (including phenoxy) is 1. The lowest BCUT2D eigenvalue weighted by Crippen LogP contribution is -2.48. The van der Waals surface area contributed by atoms with E-state index >= 15 is 0 Å². The quantitative estimate of drug-likeness (QED) is 0.309. The lowest BCUT2D eigenvalue weighted by atomic mass is 10.1. The lowest BCUT2D eigenvalue weighted by molar-refractivity contribution is -0.303. The fourth-order valence-corrected chi connectivity index (χ4v) is 2.05. The van der Waals surface area contributed by atoms with Gasteiger partial charge >= 0.3 is 6.36 Å². The van der Waals surface area contributed by atoms with E-state index in [-0.39, 0.29) is 17.0 Å². The molecule has 10 heteroatoms. The third kappa shape index (κ3) is 8.47. The predicted octanol–water partition coefficient (Wildman–Crippen LogP) is 3.00. The SMILES string of the molecule is C=C(Cl)/C=C(\C=C\N=C(N)NC(=N)N1CCCCC1)OC(F)(F)F. The Hall–Kier alpha value is -2.16. The lowest BCUT2D eigenvalue weighted by Gasteiger charge is -2.28. The Bertz CT molecular complexity index is 551. The molecular weight excluding hydrogens is 347 g/mol. The molecule has 0 unspecified atom stereocenters. The Morgan fingerprint density at radius 3 is 2.50 bits per heavy atom.